The number of carbonyl (C=O) groups is 1. The summed E-state index contributed by atoms with van der Waals surface area (Å²) < 4.78 is 31.9. The number of nitrogens with one attached hydrogen (secondary N) is 1. The van der Waals surface area contributed by atoms with Gasteiger partial charge in [-0.05, 0) is 36.4 Å². The molecule has 10 heteroatoms. The normalized spacial score (nSPS) is 11.4. The van der Waals surface area contributed by atoms with E-state index in [-0.39, 0.29) is 22.2 Å². The third kappa shape index (κ3) is 4.12. The number of para-hydroxylation sites is 1. The predicted molar refractivity (Wildman–Crippen MR) is 110 cm³/mol. The summed E-state index contributed by atoms with van der Waals surface area (Å²) >= 11 is 6.26. The number of hydrogen-bond donors (Lipinski definition) is 1. The minimum absolute atomic E-state index is 0.0298. The number of aromatic nitrogens is 3. The number of sulfone groups is 1. The highest BCUT2D eigenvalue weighted by molar-refractivity contribution is 7.90. The zero-order chi connectivity index (χ0) is 21.1. The van der Waals surface area contributed by atoms with Crippen molar-refractivity contribution in [1.82, 2.24) is 14.8 Å². The number of hydrogen-bond acceptors (Lipinski definition) is 6. The lowest BCUT2D eigenvalue weighted by molar-refractivity contribution is 0.0995. The summed E-state index contributed by atoms with van der Waals surface area (Å²) in [5, 5.41) is 7.12. The van der Waals surface area contributed by atoms with Crippen LogP contribution in [-0.4, -0.2) is 29.1 Å². The first-order chi connectivity index (χ1) is 14.4. The third-order valence-corrected chi connectivity index (χ3v) is 6.16. The van der Waals surface area contributed by atoms with Crippen LogP contribution < -0.4 is 5.32 Å². The van der Waals surface area contributed by atoms with E-state index in [0.717, 1.165) is 0 Å². The summed E-state index contributed by atoms with van der Waals surface area (Å²) in [5.74, 6) is -0.780. The Labute approximate surface area is 177 Å². The summed E-state index contributed by atoms with van der Waals surface area (Å²) in [6.45, 7) is 0. The van der Waals surface area contributed by atoms with Crippen LogP contribution in [0.15, 0.2) is 82.6 Å². The standard InChI is InChI=1S/C20H15ClN4O4S/c21-16-7-4-8-17(19(16)25-13-22-12-23-25)24-20(26)18-10-9-14(29-18)11-30(27,28)15-5-2-1-3-6-15/h1-10,12-13H,11H2,(H,24,26). The monoisotopic (exact) mass is 442 g/mol. The molecule has 0 aliphatic heterocycles. The molecular weight excluding hydrogens is 428 g/mol. The van der Waals surface area contributed by atoms with Gasteiger partial charge in [-0.1, -0.05) is 35.9 Å². The van der Waals surface area contributed by atoms with Gasteiger partial charge >= 0.3 is 0 Å². The van der Waals surface area contributed by atoms with E-state index in [2.05, 4.69) is 15.4 Å². The second kappa shape index (κ2) is 8.13. The van der Waals surface area contributed by atoms with Crippen molar-refractivity contribution in [3.05, 3.63) is 89.9 Å². The van der Waals surface area contributed by atoms with Gasteiger partial charge in [0.25, 0.3) is 5.91 Å². The Hall–Kier alpha value is -3.43. The van der Waals surface area contributed by atoms with Crippen LogP contribution in [0.25, 0.3) is 5.69 Å². The van der Waals surface area contributed by atoms with Crippen LogP contribution in [0.1, 0.15) is 16.3 Å². The molecule has 2 heterocycles. The summed E-state index contributed by atoms with van der Waals surface area (Å²) in [6, 6.07) is 15.9. The quantitative estimate of drug-likeness (QED) is 0.487. The van der Waals surface area contributed by atoms with Gasteiger partial charge in [0.05, 0.1) is 15.6 Å². The first-order valence-electron chi connectivity index (χ1n) is 8.75. The number of rotatable bonds is 6. The SMILES string of the molecule is O=C(Nc1cccc(Cl)c1-n1cncn1)c1ccc(CS(=O)(=O)c2ccccc2)o1. The first kappa shape index (κ1) is 19.9. The van der Waals surface area contributed by atoms with Crippen molar-refractivity contribution in [2.24, 2.45) is 0 Å². The maximum atomic E-state index is 12.7. The van der Waals surface area contributed by atoms with Gasteiger partial charge < -0.3 is 9.73 Å². The molecule has 0 atom stereocenters. The van der Waals surface area contributed by atoms with Crippen molar-refractivity contribution in [3.63, 3.8) is 0 Å². The van der Waals surface area contributed by atoms with Crippen LogP contribution in [0, 0.1) is 0 Å². The van der Waals surface area contributed by atoms with Crippen LogP contribution in [0.4, 0.5) is 5.69 Å². The fraction of sp³-hybridized carbons (Fsp3) is 0.0500. The van der Waals surface area contributed by atoms with Crippen molar-refractivity contribution >= 4 is 33.0 Å². The molecule has 1 amide bonds. The first-order valence-corrected chi connectivity index (χ1v) is 10.8. The molecule has 4 rings (SSSR count). The maximum Gasteiger partial charge on any atom is 0.291 e. The van der Waals surface area contributed by atoms with E-state index in [1.165, 1.54) is 41.6 Å². The van der Waals surface area contributed by atoms with E-state index in [1.54, 1.807) is 36.4 Å². The second-order valence-electron chi connectivity index (χ2n) is 6.27. The Bertz CT molecular complexity index is 1290. The number of carbonyl (C=O) groups excluding carboxylic acids is 1. The number of anilines is 1. The predicted octanol–water partition coefficient (Wildman–Crippen LogP) is 3.74. The third-order valence-electron chi connectivity index (χ3n) is 4.20. The van der Waals surface area contributed by atoms with Gasteiger partial charge in [-0.25, -0.2) is 18.1 Å². The van der Waals surface area contributed by atoms with Crippen LogP contribution >= 0.6 is 11.6 Å². The van der Waals surface area contributed by atoms with E-state index in [4.69, 9.17) is 16.0 Å². The average Bonchev–Trinajstić information content (AvgIpc) is 3.41. The van der Waals surface area contributed by atoms with E-state index in [1.807, 2.05) is 0 Å². The highest BCUT2D eigenvalue weighted by Crippen LogP contribution is 2.28. The molecule has 0 unspecified atom stereocenters. The van der Waals surface area contributed by atoms with Gasteiger partial charge in [-0.15, -0.1) is 0 Å². The Morgan fingerprint density at radius 2 is 1.87 bits per heavy atom. The minimum Gasteiger partial charge on any atom is -0.455 e. The Kier molecular flexibility index (Phi) is 5.39. The number of halogens is 1. The molecule has 152 valence electrons. The molecule has 0 aliphatic rings. The zero-order valence-corrected chi connectivity index (χ0v) is 17.0. The number of benzene rings is 2. The van der Waals surface area contributed by atoms with Gasteiger partial charge in [-0.3, -0.25) is 4.79 Å². The number of nitrogens with zero attached hydrogens (tertiary/aromatic N) is 3. The zero-order valence-electron chi connectivity index (χ0n) is 15.4. The molecule has 2 aromatic carbocycles. The summed E-state index contributed by atoms with van der Waals surface area (Å²) in [5.41, 5.74) is 0.844. The molecule has 0 bridgehead atoms. The molecule has 0 spiro atoms. The lowest BCUT2D eigenvalue weighted by Gasteiger charge is -2.11. The van der Waals surface area contributed by atoms with Crippen LogP contribution in [0.3, 0.4) is 0 Å². The van der Waals surface area contributed by atoms with Gasteiger partial charge in [0.2, 0.25) is 0 Å². The van der Waals surface area contributed by atoms with Crippen molar-refractivity contribution in [3.8, 4) is 5.69 Å². The molecule has 0 fully saturated rings. The Morgan fingerprint density at radius 3 is 2.60 bits per heavy atom. The molecule has 0 saturated carbocycles. The van der Waals surface area contributed by atoms with Crippen molar-refractivity contribution in [1.29, 1.82) is 0 Å². The molecule has 2 aromatic heterocycles. The van der Waals surface area contributed by atoms with E-state index in [9.17, 15) is 13.2 Å². The molecule has 4 aromatic rings. The van der Waals surface area contributed by atoms with Crippen molar-refractivity contribution in [2.45, 2.75) is 10.6 Å². The van der Waals surface area contributed by atoms with E-state index < -0.39 is 15.7 Å². The Morgan fingerprint density at radius 1 is 1.07 bits per heavy atom. The molecule has 0 saturated heterocycles. The highest BCUT2D eigenvalue weighted by atomic mass is 35.5. The fourth-order valence-corrected chi connectivity index (χ4v) is 4.36. The van der Waals surface area contributed by atoms with Crippen LogP contribution in [0.2, 0.25) is 5.02 Å². The van der Waals surface area contributed by atoms with E-state index >= 15 is 0 Å². The fourth-order valence-electron chi connectivity index (χ4n) is 2.83. The molecular formula is C20H15ClN4O4S. The minimum atomic E-state index is -3.59. The summed E-state index contributed by atoms with van der Waals surface area (Å²) in [4.78, 5) is 16.7. The maximum absolute atomic E-state index is 12.7. The summed E-state index contributed by atoms with van der Waals surface area (Å²) in [7, 11) is -3.59. The van der Waals surface area contributed by atoms with Gasteiger partial charge in [0.15, 0.2) is 15.6 Å². The molecule has 8 nitrogen and oxygen atoms in total. The highest BCUT2D eigenvalue weighted by Gasteiger charge is 2.20. The van der Waals surface area contributed by atoms with Crippen molar-refractivity contribution < 1.29 is 17.6 Å². The molecule has 0 radical (unpaired) electrons. The van der Waals surface area contributed by atoms with Gasteiger partial charge in [-0.2, -0.15) is 5.10 Å². The molecule has 1 N–H and O–H groups in total. The number of amides is 1. The average molecular weight is 443 g/mol. The smallest absolute Gasteiger partial charge is 0.291 e. The van der Waals surface area contributed by atoms with Gasteiger partial charge in [0.1, 0.15) is 29.9 Å². The van der Waals surface area contributed by atoms with Crippen LogP contribution in [0.5, 0.6) is 0 Å². The van der Waals surface area contributed by atoms with Crippen molar-refractivity contribution in [2.75, 3.05) is 5.32 Å². The number of furan rings is 1. The van der Waals surface area contributed by atoms with E-state index in [0.29, 0.717) is 16.4 Å². The molecule has 0 aliphatic carbocycles. The van der Waals surface area contributed by atoms with Crippen LogP contribution in [-0.2, 0) is 15.6 Å². The lowest BCUT2D eigenvalue weighted by atomic mass is 10.2. The topological polar surface area (TPSA) is 107 Å². The largest absolute Gasteiger partial charge is 0.455 e. The second-order valence-corrected chi connectivity index (χ2v) is 8.67. The lowest BCUT2D eigenvalue weighted by Crippen LogP contribution is -2.13. The Balaban J connectivity index is 1.54. The van der Waals surface area contributed by atoms with Gasteiger partial charge in [0, 0.05) is 0 Å². The molecule has 30 heavy (non-hydrogen) atoms. The summed E-state index contributed by atoms with van der Waals surface area (Å²) in [6.07, 6.45) is 2.80.